The summed E-state index contributed by atoms with van der Waals surface area (Å²) in [6.07, 6.45) is 3.82. The van der Waals surface area contributed by atoms with Crippen molar-refractivity contribution in [3.63, 3.8) is 0 Å². The normalized spacial score (nSPS) is 10.8. The zero-order chi connectivity index (χ0) is 8.97. The third-order valence-corrected chi connectivity index (χ3v) is 2.51. The molecule has 0 aliphatic rings. The summed E-state index contributed by atoms with van der Waals surface area (Å²) in [5.74, 6) is -0.871. The first-order chi connectivity index (χ1) is 5.74. The summed E-state index contributed by atoms with van der Waals surface area (Å²) < 4.78 is 0. The molecule has 0 amide bonds. The molecule has 0 aliphatic carbocycles. The molecule has 64 valence electrons. The first-order valence-electron chi connectivity index (χ1n) is 3.28. The highest BCUT2D eigenvalue weighted by Gasteiger charge is 2.03. The van der Waals surface area contributed by atoms with E-state index >= 15 is 0 Å². The molecule has 0 aromatic carbocycles. The average molecular weight is 247 g/mol. The fourth-order valence-corrected chi connectivity index (χ4v) is 1.70. The second-order valence-electron chi connectivity index (χ2n) is 2.10. The second-order valence-corrected chi connectivity index (χ2v) is 3.69. The Bertz CT molecular complexity index is 304. The Hall–Kier alpha value is -0.610. The lowest BCUT2D eigenvalue weighted by Gasteiger charge is -1.82. The highest BCUT2D eigenvalue weighted by atomic mass is 79.9. The predicted octanol–water partition coefficient (Wildman–Crippen LogP) is 2.85. The Morgan fingerprint density at radius 3 is 3.00 bits per heavy atom. The van der Waals surface area contributed by atoms with Crippen LogP contribution in [0.1, 0.15) is 15.2 Å². The van der Waals surface area contributed by atoms with Gasteiger partial charge in [-0.15, -0.1) is 11.3 Å². The van der Waals surface area contributed by atoms with Crippen LogP contribution >= 0.6 is 27.3 Å². The van der Waals surface area contributed by atoms with Crippen LogP contribution in [0.25, 0.3) is 6.08 Å². The van der Waals surface area contributed by atoms with Crippen LogP contribution < -0.4 is 0 Å². The summed E-state index contributed by atoms with van der Waals surface area (Å²) in [6, 6.07) is 1.66. The second kappa shape index (κ2) is 4.42. The van der Waals surface area contributed by atoms with Crippen LogP contribution in [0.5, 0.6) is 0 Å². The van der Waals surface area contributed by atoms with Gasteiger partial charge in [-0.05, 0) is 12.1 Å². The third-order valence-electron chi connectivity index (χ3n) is 1.24. The molecule has 1 N–H and O–H groups in total. The van der Waals surface area contributed by atoms with Gasteiger partial charge in [0.05, 0.1) is 5.56 Å². The van der Waals surface area contributed by atoms with Crippen molar-refractivity contribution in [2.75, 3.05) is 5.33 Å². The fourth-order valence-electron chi connectivity index (χ4n) is 0.713. The van der Waals surface area contributed by atoms with Crippen molar-refractivity contribution < 1.29 is 9.90 Å². The van der Waals surface area contributed by atoms with E-state index in [1.165, 1.54) is 11.3 Å². The Balaban J connectivity index is 2.77. The summed E-state index contributed by atoms with van der Waals surface area (Å²) in [7, 11) is 0. The maximum atomic E-state index is 10.5. The van der Waals surface area contributed by atoms with E-state index in [1.54, 1.807) is 11.4 Å². The van der Waals surface area contributed by atoms with Gasteiger partial charge in [0.1, 0.15) is 0 Å². The van der Waals surface area contributed by atoms with Crippen LogP contribution in [0, 0.1) is 0 Å². The number of allylic oxidation sites excluding steroid dienone is 1. The van der Waals surface area contributed by atoms with Gasteiger partial charge in [-0.1, -0.05) is 22.0 Å². The number of rotatable bonds is 3. The van der Waals surface area contributed by atoms with Crippen molar-refractivity contribution in [3.05, 3.63) is 28.0 Å². The van der Waals surface area contributed by atoms with Crippen molar-refractivity contribution in [3.8, 4) is 0 Å². The molecule has 0 radical (unpaired) electrons. The van der Waals surface area contributed by atoms with Gasteiger partial charge >= 0.3 is 5.97 Å². The number of hydrogen-bond donors (Lipinski definition) is 1. The summed E-state index contributed by atoms with van der Waals surface area (Å²) in [6.45, 7) is 0. The highest BCUT2D eigenvalue weighted by Crippen LogP contribution is 2.16. The largest absolute Gasteiger partial charge is 0.478 e. The van der Waals surface area contributed by atoms with E-state index in [4.69, 9.17) is 5.11 Å². The Labute approximate surface area is 82.7 Å². The number of carbonyl (C=O) groups is 1. The minimum Gasteiger partial charge on any atom is -0.478 e. The van der Waals surface area contributed by atoms with Gasteiger partial charge in [0.25, 0.3) is 0 Å². The van der Waals surface area contributed by atoms with E-state index in [0.717, 1.165) is 10.2 Å². The maximum Gasteiger partial charge on any atom is 0.336 e. The molecule has 0 aliphatic heterocycles. The van der Waals surface area contributed by atoms with Crippen molar-refractivity contribution in [1.29, 1.82) is 0 Å². The number of carboxylic acid groups (broad SMARTS) is 1. The number of aromatic carboxylic acids is 1. The molecule has 0 saturated carbocycles. The minimum atomic E-state index is -0.871. The van der Waals surface area contributed by atoms with Crippen molar-refractivity contribution in [2.24, 2.45) is 0 Å². The number of halogens is 1. The van der Waals surface area contributed by atoms with Gasteiger partial charge in [0.2, 0.25) is 0 Å². The van der Waals surface area contributed by atoms with E-state index < -0.39 is 5.97 Å². The summed E-state index contributed by atoms with van der Waals surface area (Å²) in [5.41, 5.74) is 0.356. The van der Waals surface area contributed by atoms with E-state index in [2.05, 4.69) is 15.9 Å². The zero-order valence-electron chi connectivity index (χ0n) is 6.16. The van der Waals surface area contributed by atoms with E-state index in [9.17, 15) is 4.79 Å². The molecule has 4 heteroatoms. The maximum absolute atomic E-state index is 10.5. The Morgan fingerprint density at radius 2 is 2.50 bits per heavy atom. The summed E-state index contributed by atoms with van der Waals surface area (Å²) in [4.78, 5) is 11.4. The summed E-state index contributed by atoms with van der Waals surface area (Å²) in [5, 5.41) is 11.0. The number of hydrogen-bond acceptors (Lipinski definition) is 2. The molecule has 1 heterocycles. The topological polar surface area (TPSA) is 37.3 Å². The Morgan fingerprint density at radius 1 is 1.75 bits per heavy atom. The number of carboxylic acids is 1. The van der Waals surface area contributed by atoms with Gasteiger partial charge in [-0.2, -0.15) is 0 Å². The molecule has 0 fully saturated rings. The third kappa shape index (κ3) is 2.46. The molecular formula is C8H7BrO2S. The molecule has 12 heavy (non-hydrogen) atoms. The first kappa shape index (κ1) is 9.48. The van der Waals surface area contributed by atoms with Crippen molar-refractivity contribution in [2.45, 2.75) is 0 Å². The van der Waals surface area contributed by atoms with E-state index in [-0.39, 0.29) is 0 Å². The quantitative estimate of drug-likeness (QED) is 0.834. The van der Waals surface area contributed by atoms with Crippen LogP contribution in [0.3, 0.4) is 0 Å². The molecule has 1 rings (SSSR count). The molecule has 0 spiro atoms. The molecule has 1 aromatic rings. The Kier molecular flexibility index (Phi) is 3.49. The predicted molar refractivity (Wildman–Crippen MR) is 54.1 cm³/mol. The molecule has 0 atom stereocenters. The summed E-state index contributed by atoms with van der Waals surface area (Å²) >= 11 is 4.67. The van der Waals surface area contributed by atoms with Crippen LogP contribution in [-0.2, 0) is 0 Å². The van der Waals surface area contributed by atoms with Gasteiger partial charge in [-0.25, -0.2) is 4.79 Å². The molecular weight excluding hydrogens is 240 g/mol. The highest BCUT2D eigenvalue weighted by molar-refractivity contribution is 9.09. The SMILES string of the molecule is O=C(O)c1csc(C=CCBr)c1. The van der Waals surface area contributed by atoms with Gasteiger partial charge in [0.15, 0.2) is 0 Å². The molecule has 1 aromatic heterocycles. The molecule has 0 saturated heterocycles. The minimum absolute atomic E-state index is 0.356. The van der Waals surface area contributed by atoms with Crippen LogP contribution in [0.15, 0.2) is 17.5 Å². The van der Waals surface area contributed by atoms with E-state index in [1.807, 2.05) is 12.2 Å². The zero-order valence-corrected chi connectivity index (χ0v) is 8.56. The fraction of sp³-hybridized carbons (Fsp3) is 0.125. The standard InChI is InChI=1S/C8H7BrO2S/c9-3-1-2-7-4-6(5-12-7)8(10)11/h1-2,4-5H,3H2,(H,10,11). The average Bonchev–Trinajstić information content (AvgIpc) is 2.48. The lowest BCUT2D eigenvalue weighted by Crippen LogP contribution is -1.91. The van der Waals surface area contributed by atoms with Gasteiger partial charge < -0.3 is 5.11 Å². The van der Waals surface area contributed by atoms with Crippen LogP contribution in [0.2, 0.25) is 0 Å². The molecule has 0 bridgehead atoms. The lowest BCUT2D eigenvalue weighted by molar-refractivity contribution is 0.0697. The number of alkyl halides is 1. The number of thiophene rings is 1. The van der Waals surface area contributed by atoms with E-state index in [0.29, 0.717) is 5.56 Å². The van der Waals surface area contributed by atoms with Gasteiger partial charge in [-0.3, -0.25) is 0 Å². The smallest absolute Gasteiger partial charge is 0.336 e. The van der Waals surface area contributed by atoms with Crippen LogP contribution in [0.4, 0.5) is 0 Å². The molecule has 0 unspecified atom stereocenters. The van der Waals surface area contributed by atoms with Crippen molar-refractivity contribution in [1.82, 2.24) is 0 Å². The van der Waals surface area contributed by atoms with Gasteiger partial charge in [0, 0.05) is 15.6 Å². The lowest BCUT2D eigenvalue weighted by atomic mass is 10.3. The monoisotopic (exact) mass is 246 g/mol. The molecule has 2 nitrogen and oxygen atoms in total. The first-order valence-corrected chi connectivity index (χ1v) is 5.28. The van der Waals surface area contributed by atoms with Crippen LogP contribution in [-0.4, -0.2) is 16.4 Å². The van der Waals surface area contributed by atoms with Crippen molar-refractivity contribution >= 4 is 39.3 Å².